The Morgan fingerprint density at radius 2 is 1.50 bits per heavy atom. The molecule has 1 aliphatic rings. The number of fused-ring (bicyclic) bond motifs is 1. The molecule has 0 bridgehead atoms. The average molecular weight is 351 g/mol. The van der Waals surface area contributed by atoms with Crippen LogP contribution in [-0.2, 0) is 5.41 Å². The fourth-order valence-electron chi connectivity index (χ4n) is 4.59. The molecule has 0 heteroatoms. The number of hydrogen-bond acceptors (Lipinski definition) is 0. The van der Waals surface area contributed by atoms with Crippen LogP contribution in [0.1, 0.15) is 96.1 Å². The van der Waals surface area contributed by atoms with Crippen molar-refractivity contribution in [1.82, 2.24) is 0 Å². The van der Waals surface area contributed by atoms with Gasteiger partial charge >= 0.3 is 0 Å². The fourth-order valence-corrected chi connectivity index (χ4v) is 4.59. The van der Waals surface area contributed by atoms with E-state index in [4.69, 9.17) is 0 Å². The Morgan fingerprint density at radius 1 is 0.923 bits per heavy atom. The van der Waals surface area contributed by atoms with Crippen LogP contribution in [0.5, 0.6) is 0 Å². The second-order valence-electron chi connectivity index (χ2n) is 8.13. The average Bonchev–Trinajstić information content (AvgIpc) is 2.85. The highest BCUT2D eigenvalue weighted by Crippen LogP contribution is 2.54. The summed E-state index contributed by atoms with van der Waals surface area (Å²) in [5.74, 6) is 0. The van der Waals surface area contributed by atoms with Crippen LogP contribution in [0.3, 0.4) is 0 Å². The van der Waals surface area contributed by atoms with Crippen LogP contribution in [0.15, 0.2) is 54.6 Å². The van der Waals surface area contributed by atoms with E-state index in [1.165, 1.54) is 86.5 Å². The quantitative estimate of drug-likeness (QED) is 0.351. The highest BCUT2D eigenvalue weighted by atomic mass is 14.5. The molecule has 0 spiro atoms. The van der Waals surface area contributed by atoms with Gasteiger partial charge in [0, 0.05) is 5.41 Å². The molecule has 0 N–H and O–H groups in total. The van der Waals surface area contributed by atoms with Crippen LogP contribution in [0.2, 0.25) is 0 Å². The summed E-state index contributed by atoms with van der Waals surface area (Å²) in [6, 6.07) is 9.00. The normalized spacial score (nSPS) is 16.9. The van der Waals surface area contributed by atoms with Gasteiger partial charge in [0.2, 0.25) is 0 Å². The van der Waals surface area contributed by atoms with E-state index < -0.39 is 0 Å². The van der Waals surface area contributed by atoms with Crippen molar-refractivity contribution in [1.29, 1.82) is 0 Å². The van der Waals surface area contributed by atoms with E-state index in [1.807, 2.05) is 0 Å². The summed E-state index contributed by atoms with van der Waals surface area (Å²) in [4.78, 5) is 0. The fraction of sp³-hybridized carbons (Fsp3) is 0.538. The predicted molar refractivity (Wildman–Crippen MR) is 118 cm³/mol. The van der Waals surface area contributed by atoms with Gasteiger partial charge in [-0.05, 0) is 42.0 Å². The minimum absolute atomic E-state index is 0.147. The minimum Gasteiger partial charge on any atom is -0.0961 e. The summed E-state index contributed by atoms with van der Waals surface area (Å²) in [5, 5.41) is 0. The first-order chi connectivity index (χ1) is 12.6. The molecule has 1 aliphatic carbocycles. The van der Waals surface area contributed by atoms with Gasteiger partial charge in [0.25, 0.3) is 0 Å². The van der Waals surface area contributed by atoms with Gasteiger partial charge in [0.05, 0.1) is 0 Å². The zero-order chi connectivity index (χ0) is 19.0. The first-order valence-corrected chi connectivity index (χ1v) is 10.7. The lowest BCUT2D eigenvalue weighted by molar-refractivity contribution is 0.401. The Labute approximate surface area is 162 Å². The van der Waals surface area contributed by atoms with E-state index in [0.29, 0.717) is 0 Å². The van der Waals surface area contributed by atoms with Crippen molar-refractivity contribution >= 4 is 5.57 Å². The first-order valence-electron chi connectivity index (χ1n) is 10.7. The van der Waals surface area contributed by atoms with Crippen molar-refractivity contribution in [2.75, 3.05) is 0 Å². The molecular formula is C26H38. The Morgan fingerprint density at radius 3 is 2.04 bits per heavy atom. The Hall–Kier alpha value is -1.56. The molecule has 26 heavy (non-hydrogen) atoms. The van der Waals surface area contributed by atoms with Gasteiger partial charge in [-0.25, -0.2) is 0 Å². The summed E-state index contributed by atoms with van der Waals surface area (Å²) < 4.78 is 0. The molecule has 0 aliphatic heterocycles. The number of benzene rings is 1. The monoisotopic (exact) mass is 350 g/mol. The van der Waals surface area contributed by atoms with Crippen LogP contribution in [0.4, 0.5) is 0 Å². The summed E-state index contributed by atoms with van der Waals surface area (Å²) in [5.41, 5.74) is 6.85. The summed E-state index contributed by atoms with van der Waals surface area (Å²) in [6.07, 6.45) is 15.4. The topological polar surface area (TPSA) is 0 Å². The van der Waals surface area contributed by atoms with E-state index in [0.717, 1.165) is 5.57 Å². The van der Waals surface area contributed by atoms with Crippen molar-refractivity contribution in [3.8, 4) is 0 Å². The van der Waals surface area contributed by atoms with Crippen molar-refractivity contribution < 1.29 is 0 Å². The SMILES string of the molecule is C=C(C)/C=C1\C(=C)c2ccccc2C1(CCCCCC)CCCCCC. The van der Waals surface area contributed by atoms with E-state index >= 15 is 0 Å². The maximum Gasteiger partial charge on any atom is 0.0215 e. The second kappa shape index (κ2) is 9.95. The van der Waals surface area contributed by atoms with Crippen LogP contribution < -0.4 is 0 Å². The van der Waals surface area contributed by atoms with E-state index in [1.54, 1.807) is 0 Å². The summed E-state index contributed by atoms with van der Waals surface area (Å²) >= 11 is 0. The Bertz CT molecular complexity index is 632. The molecule has 2 rings (SSSR count). The highest BCUT2D eigenvalue weighted by Gasteiger charge is 2.43. The molecule has 0 atom stereocenters. The lowest BCUT2D eigenvalue weighted by Gasteiger charge is -2.33. The molecular weight excluding hydrogens is 312 g/mol. The van der Waals surface area contributed by atoms with Gasteiger partial charge in [-0.3, -0.25) is 0 Å². The number of unbranched alkanes of at least 4 members (excludes halogenated alkanes) is 6. The van der Waals surface area contributed by atoms with Gasteiger partial charge in [0.15, 0.2) is 0 Å². The van der Waals surface area contributed by atoms with E-state index in [-0.39, 0.29) is 5.41 Å². The molecule has 1 aromatic rings. The molecule has 0 heterocycles. The van der Waals surface area contributed by atoms with Gasteiger partial charge in [0.1, 0.15) is 0 Å². The third-order valence-electron chi connectivity index (χ3n) is 5.91. The van der Waals surface area contributed by atoms with Crippen LogP contribution >= 0.6 is 0 Å². The molecule has 0 fully saturated rings. The van der Waals surface area contributed by atoms with Crippen molar-refractivity contribution in [3.63, 3.8) is 0 Å². The van der Waals surface area contributed by atoms with E-state index in [9.17, 15) is 0 Å². The molecule has 0 aromatic heterocycles. The largest absolute Gasteiger partial charge is 0.0961 e. The third-order valence-corrected chi connectivity index (χ3v) is 5.91. The molecule has 0 saturated heterocycles. The molecule has 0 nitrogen and oxygen atoms in total. The Kier molecular flexibility index (Phi) is 7.94. The lowest BCUT2D eigenvalue weighted by atomic mass is 9.70. The summed E-state index contributed by atoms with van der Waals surface area (Å²) in [6.45, 7) is 15.4. The predicted octanol–water partition coefficient (Wildman–Crippen LogP) is 8.39. The smallest absolute Gasteiger partial charge is 0.0215 e. The zero-order valence-corrected chi connectivity index (χ0v) is 17.4. The van der Waals surface area contributed by atoms with Gasteiger partial charge < -0.3 is 0 Å². The van der Waals surface area contributed by atoms with Crippen molar-refractivity contribution in [2.45, 2.75) is 90.4 Å². The Balaban J connectivity index is 2.41. The van der Waals surface area contributed by atoms with Crippen LogP contribution in [0, 0.1) is 0 Å². The van der Waals surface area contributed by atoms with Crippen molar-refractivity contribution in [2.24, 2.45) is 0 Å². The van der Waals surface area contributed by atoms with Gasteiger partial charge in [-0.15, -0.1) is 0 Å². The van der Waals surface area contributed by atoms with Crippen LogP contribution in [0.25, 0.3) is 5.57 Å². The maximum absolute atomic E-state index is 4.50. The number of rotatable bonds is 11. The minimum atomic E-state index is 0.147. The standard InChI is InChI=1S/C26H38/c1-6-8-10-14-18-26(19-15-11-9-7-2)24-17-13-12-16-23(24)22(5)25(26)20-21(3)4/h12-13,16-17,20H,3,5-11,14-15,18-19H2,1-2,4H3/b25-20+. The summed E-state index contributed by atoms with van der Waals surface area (Å²) in [7, 11) is 0. The second-order valence-corrected chi connectivity index (χ2v) is 8.13. The van der Waals surface area contributed by atoms with Crippen LogP contribution in [-0.4, -0.2) is 0 Å². The highest BCUT2D eigenvalue weighted by molar-refractivity contribution is 5.89. The molecule has 0 saturated carbocycles. The zero-order valence-electron chi connectivity index (χ0n) is 17.4. The van der Waals surface area contributed by atoms with Crippen molar-refractivity contribution in [3.05, 3.63) is 65.8 Å². The first kappa shape index (κ1) is 20.7. The van der Waals surface area contributed by atoms with Gasteiger partial charge in [-0.2, -0.15) is 0 Å². The molecule has 0 radical (unpaired) electrons. The number of hydrogen-bond donors (Lipinski definition) is 0. The third kappa shape index (κ3) is 4.58. The molecule has 0 amide bonds. The molecule has 0 unspecified atom stereocenters. The van der Waals surface area contributed by atoms with E-state index in [2.05, 4.69) is 64.3 Å². The maximum atomic E-state index is 4.50. The van der Waals surface area contributed by atoms with Gasteiger partial charge in [-0.1, -0.05) is 114 Å². The lowest BCUT2D eigenvalue weighted by Crippen LogP contribution is -2.25. The number of allylic oxidation sites excluding steroid dienone is 4. The molecule has 142 valence electrons. The molecule has 1 aromatic carbocycles.